The molecule has 0 aromatic heterocycles. The third-order valence-corrected chi connectivity index (χ3v) is 6.63. The lowest BCUT2D eigenvalue weighted by atomic mass is 9.68. The van der Waals surface area contributed by atoms with E-state index in [0.717, 1.165) is 23.9 Å². The van der Waals surface area contributed by atoms with Crippen molar-refractivity contribution < 1.29 is 0 Å². The second-order valence-corrected chi connectivity index (χ2v) is 8.45. The number of hydrogen-bond donors (Lipinski definition) is 1. The first-order valence-electron chi connectivity index (χ1n) is 8.18. The van der Waals surface area contributed by atoms with Gasteiger partial charge >= 0.3 is 0 Å². The van der Waals surface area contributed by atoms with E-state index in [9.17, 15) is 0 Å². The second kappa shape index (κ2) is 4.23. The van der Waals surface area contributed by atoms with Crippen LogP contribution in [0.15, 0.2) is 0 Å². The van der Waals surface area contributed by atoms with Crippen molar-refractivity contribution in [2.24, 2.45) is 22.7 Å². The molecule has 0 amide bonds. The lowest BCUT2D eigenvalue weighted by Gasteiger charge is -2.45. The maximum atomic E-state index is 4.04. The molecule has 1 N–H and O–H groups in total. The molecule has 3 aliphatic carbocycles. The van der Waals surface area contributed by atoms with Gasteiger partial charge in [0, 0.05) is 12.1 Å². The van der Waals surface area contributed by atoms with Gasteiger partial charge in [0.25, 0.3) is 0 Å². The molecule has 4 atom stereocenters. The first-order valence-corrected chi connectivity index (χ1v) is 8.18. The Bertz CT molecular complexity index is 313. The summed E-state index contributed by atoms with van der Waals surface area (Å²) in [6, 6.07) is 1.47. The molecule has 1 heteroatoms. The molecule has 2 bridgehead atoms. The molecule has 0 aliphatic heterocycles. The third-order valence-electron chi connectivity index (χ3n) is 6.63. The van der Waals surface area contributed by atoms with Crippen LogP contribution in [-0.4, -0.2) is 12.1 Å². The fourth-order valence-corrected chi connectivity index (χ4v) is 5.30. The largest absolute Gasteiger partial charge is 0.310 e. The molecule has 0 aromatic rings. The molecule has 0 heterocycles. The molecular formula is C17H31N. The monoisotopic (exact) mass is 249 g/mol. The van der Waals surface area contributed by atoms with Crippen molar-refractivity contribution in [1.82, 2.24) is 5.32 Å². The molecule has 0 saturated heterocycles. The molecule has 3 fully saturated rings. The highest BCUT2D eigenvalue weighted by atomic mass is 15.0. The highest BCUT2D eigenvalue weighted by Crippen LogP contribution is 2.62. The highest BCUT2D eigenvalue weighted by Gasteiger charge is 2.59. The number of nitrogens with one attached hydrogen (secondary N) is 1. The Balaban J connectivity index is 1.64. The smallest absolute Gasteiger partial charge is 0.0177 e. The number of hydrogen-bond acceptors (Lipinski definition) is 1. The summed E-state index contributed by atoms with van der Waals surface area (Å²) in [4.78, 5) is 0. The lowest BCUT2D eigenvalue weighted by Crippen LogP contribution is -2.53. The van der Waals surface area contributed by atoms with Crippen molar-refractivity contribution in [2.45, 2.75) is 84.7 Å². The Labute approximate surface area is 113 Å². The summed E-state index contributed by atoms with van der Waals surface area (Å²) >= 11 is 0. The van der Waals surface area contributed by atoms with Crippen molar-refractivity contribution in [3.8, 4) is 0 Å². The predicted molar refractivity (Wildman–Crippen MR) is 77.6 cm³/mol. The molecular weight excluding hydrogens is 218 g/mol. The number of rotatable bonds is 4. The van der Waals surface area contributed by atoms with Gasteiger partial charge < -0.3 is 5.32 Å². The van der Waals surface area contributed by atoms with Crippen LogP contribution in [0.2, 0.25) is 0 Å². The zero-order chi connectivity index (χ0) is 13.0. The first-order chi connectivity index (χ1) is 8.42. The summed E-state index contributed by atoms with van der Waals surface area (Å²) in [6.07, 6.45) is 10.3. The fourth-order valence-electron chi connectivity index (χ4n) is 5.30. The van der Waals surface area contributed by atoms with Crippen molar-refractivity contribution in [3.63, 3.8) is 0 Å². The Hall–Kier alpha value is -0.0400. The van der Waals surface area contributed by atoms with Gasteiger partial charge in [0.2, 0.25) is 0 Å². The lowest BCUT2D eigenvalue weighted by molar-refractivity contribution is 0.0938. The molecule has 3 rings (SSSR count). The Morgan fingerprint density at radius 1 is 1.17 bits per heavy atom. The Kier molecular flexibility index (Phi) is 3.05. The maximum absolute atomic E-state index is 4.04. The summed E-state index contributed by atoms with van der Waals surface area (Å²) in [5.41, 5.74) is 1.10. The maximum Gasteiger partial charge on any atom is 0.0177 e. The van der Waals surface area contributed by atoms with Gasteiger partial charge in [-0.2, -0.15) is 0 Å². The van der Waals surface area contributed by atoms with Crippen LogP contribution < -0.4 is 5.32 Å². The zero-order valence-corrected chi connectivity index (χ0v) is 12.8. The molecule has 18 heavy (non-hydrogen) atoms. The van der Waals surface area contributed by atoms with Crippen molar-refractivity contribution in [2.75, 3.05) is 0 Å². The van der Waals surface area contributed by atoms with Crippen LogP contribution in [0.5, 0.6) is 0 Å². The topological polar surface area (TPSA) is 12.0 Å². The minimum absolute atomic E-state index is 0.515. The van der Waals surface area contributed by atoms with Gasteiger partial charge in [-0.1, -0.05) is 40.0 Å². The van der Waals surface area contributed by atoms with E-state index in [0.29, 0.717) is 10.8 Å². The molecule has 4 unspecified atom stereocenters. The van der Waals surface area contributed by atoms with Crippen LogP contribution >= 0.6 is 0 Å². The Morgan fingerprint density at radius 3 is 2.39 bits per heavy atom. The van der Waals surface area contributed by atoms with Gasteiger partial charge in [-0.05, 0) is 55.3 Å². The summed E-state index contributed by atoms with van der Waals surface area (Å²) < 4.78 is 0. The van der Waals surface area contributed by atoms with Gasteiger partial charge in [0.1, 0.15) is 0 Å². The fraction of sp³-hybridized carbons (Fsp3) is 1.00. The van der Waals surface area contributed by atoms with E-state index in [1.165, 1.54) is 44.9 Å². The molecule has 0 aromatic carbocycles. The van der Waals surface area contributed by atoms with Gasteiger partial charge in [-0.15, -0.1) is 0 Å². The quantitative estimate of drug-likeness (QED) is 0.780. The normalized spacial score (nSPS) is 44.0. The van der Waals surface area contributed by atoms with E-state index >= 15 is 0 Å². The van der Waals surface area contributed by atoms with Gasteiger partial charge in [-0.3, -0.25) is 0 Å². The van der Waals surface area contributed by atoms with Gasteiger partial charge in [-0.25, -0.2) is 0 Å². The average molecular weight is 249 g/mol. The molecule has 1 nitrogen and oxygen atoms in total. The predicted octanol–water partition coefficient (Wildman–Crippen LogP) is 4.37. The van der Waals surface area contributed by atoms with E-state index in [1.54, 1.807) is 0 Å². The molecule has 0 radical (unpaired) electrons. The second-order valence-electron chi connectivity index (χ2n) is 8.45. The van der Waals surface area contributed by atoms with Crippen LogP contribution in [-0.2, 0) is 0 Å². The van der Waals surface area contributed by atoms with Crippen molar-refractivity contribution in [1.29, 1.82) is 0 Å². The summed E-state index contributed by atoms with van der Waals surface area (Å²) in [5.74, 6) is 2.00. The van der Waals surface area contributed by atoms with Crippen molar-refractivity contribution >= 4 is 0 Å². The summed E-state index contributed by atoms with van der Waals surface area (Å²) in [7, 11) is 0. The molecule has 3 aliphatic rings. The van der Waals surface area contributed by atoms with E-state index in [2.05, 4.69) is 33.0 Å². The van der Waals surface area contributed by atoms with E-state index in [-0.39, 0.29) is 0 Å². The van der Waals surface area contributed by atoms with Crippen LogP contribution in [0.1, 0.15) is 72.6 Å². The summed E-state index contributed by atoms with van der Waals surface area (Å²) in [6.45, 7) is 9.98. The molecule has 3 saturated carbocycles. The van der Waals surface area contributed by atoms with Crippen LogP contribution in [0, 0.1) is 22.7 Å². The van der Waals surface area contributed by atoms with Crippen molar-refractivity contribution in [3.05, 3.63) is 0 Å². The number of fused-ring (bicyclic) bond motifs is 2. The Morgan fingerprint density at radius 2 is 1.89 bits per heavy atom. The van der Waals surface area contributed by atoms with Gasteiger partial charge in [0.15, 0.2) is 0 Å². The molecule has 104 valence electrons. The van der Waals surface area contributed by atoms with Gasteiger partial charge in [0.05, 0.1) is 0 Å². The van der Waals surface area contributed by atoms with Crippen LogP contribution in [0.3, 0.4) is 0 Å². The first kappa shape index (κ1) is 13.0. The minimum atomic E-state index is 0.515. The zero-order valence-electron chi connectivity index (χ0n) is 12.8. The van der Waals surface area contributed by atoms with E-state index < -0.39 is 0 Å². The summed E-state index contributed by atoms with van der Waals surface area (Å²) in [5, 5.41) is 4.04. The minimum Gasteiger partial charge on any atom is -0.310 e. The molecule has 0 spiro atoms. The SMILES string of the molecule is CC(CC1CCC1)NC1C2(C)CCC(C2)C1(C)C. The highest BCUT2D eigenvalue weighted by molar-refractivity contribution is 5.12. The standard InChI is InChI=1S/C17H31N/c1-12(10-13-6-5-7-13)18-15-16(2,3)14-8-9-17(15,4)11-14/h12-15,18H,5-11H2,1-4H3. The van der Waals surface area contributed by atoms with E-state index in [4.69, 9.17) is 0 Å². The van der Waals surface area contributed by atoms with Crippen LogP contribution in [0.25, 0.3) is 0 Å². The third kappa shape index (κ3) is 1.94. The van der Waals surface area contributed by atoms with Crippen LogP contribution in [0.4, 0.5) is 0 Å². The van der Waals surface area contributed by atoms with E-state index in [1.807, 2.05) is 0 Å². The average Bonchev–Trinajstić information content (AvgIpc) is 2.70.